The van der Waals surface area contributed by atoms with Gasteiger partial charge in [0.15, 0.2) is 5.96 Å². The number of carbonyl (C=O) groups is 1. The molecule has 1 N–H and O–H groups in total. The van der Waals surface area contributed by atoms with Crippen LogP contribution in [-0.4, -0.2) is 92.1 Å². The highest BCUT2D eigenvalue weighted by Gasteiger charge is 2.31. The van der Waals surface area contributed by atoms with Gasteiger partial charge in [0.2, 0.25) is 5.91 Å². The van der Waals surface area contributed by atoms with Gasteiger partial charge in [0.05, 0.1) is 0 Å². The van der Waals surface area contributed by atoms with Crippen LogP contribution in [0.15, 0.2) is 4.99 Å². The van der Waals surface area contributed by atoms with Crippen molar-refractivity contribution in [2.75, 3.05) is 59.4 Å². The standard InChI is InChI=1S/C17H32F3N5O.HI/c1-5-21-16(22-10-15(26)23(4)13-17(18,19)20)25-9-8-14(12-25)11-24(6-2)7-3;/h14H,5-13H2,1-4H3,(H,21,22);1H. The monoisotopic (exact) mass is 507 g/mol. The molecule has 1 atom stereocenters. The summed E-state index contributed by atoms with van der Waals surface area (Å²) in [6.07, 6.45) is -3.35. The first-order valence-electron chi connectivity index (χ1n) is 9.26. The Hall–Kier alpha value is -0.780. The SMILES string of the molecule is CCNC(=NCC(=O)N(C)CC(F)(F)F)N1CCC(CN(CC)CC)C1.I. The first kappa shape index (κ1) is 26.2. The number of aliphatic imine (C=N–C) groups is 1. The predicted molar refractivity (Wildman–Crippen MR) is 113 cm³/mol. The molecule has 0 radical (unpaired) electrons. The molecule has 1 unspecified atom stereocenters. The Bertz CT molecular complexity index is 472. The van der Waals surface area contributed by atoms with E-state index in [1.165, 1.54) is 0 Å². The minimum Gasteiger partial charge on any atom is -0.357 e. The zero-order valence-corrected chi connectivity index (χ0v) is 19.0. The van der Waals surface area contributed by atoms with Crippen LogP contribution in [0.25, 0.3) is 0 Å². The van der Waals surface area contributed by atoms with E-state index in [0.29, 0.717) is 23.3 Å². The van der Waals surface area contributed by atoms with Crippen molar-refractivity contribution in [2.45, 2.75) is 33.4 Å². The second kappa shape index (κ2) is 12.6. The maximum atomic E-state index is 12.4. The molecule has 1 saturated heterocycles. The normalized spacial score (nSPS) is 17.9. The van der Waals surface area contributed by atoms with Crippen LogP contribution in [0.5, 0.6) is 0 Å². The van der Waals surface area contributed by atoms with Gasteiger partial charge in [-0.2, -0.15) is 13.2 Å². The van der Waals surface area contributed by atoms with Crippen molar-refractivity contribution in [1.29, 1.82) is 0 Å². The number of nitrogens with one attached hydrogen (secondary N) is 1. The highest BCUT2D eigenvalue weighted by atomic mass is 127. The molecule has 0 bridgehead atoms. The third-order valence-electron chi connectivity index (χ3n) is 4.54. The molecule has 1 aliphatic heterocycles. The average molecular weight is 507 g/mol. The van der Waals surface area contributed by atoms with Crippen LogP contribution in [0.3, 0.4) is 0 Å². The number of guanidine groups is 1. The van der Waals surface area contributed by atoms with Crippen LogP contribution >= 0.6 is 24.0 Å². The van der Waals surface area contributed by atoms with Gasteiger partial charge in [-0.25, -0.2) is 4.99 Å². The molecule has 1 rings (SSSR count). The van der Waals surface area contributed by atoms with Gasteiger partial charge >= 0.3 is 6.18 Å². The molecule has 0 aliphatic carbocycles. The molecular formula is C17H33F3IN5O. The van der Waals surface area contributed by atoms with E-state index in [1.54, 1.807) is 0 Å². The van der Waals surface area contributed by atoms with E-state index in [9.17, 15) is 18.0 Å². The zero-order chi connectivity index (χ0) is 19.7. The lowest BCUT2D eigenvalue weighted by Crippen LogP contribution is -2.42. The van der Waals surface area contributed by atoms with E-state index in [2.05, 4.69) is 34.0 Å². The van der Waals surface area contributed by atoms with E-state index < -0.39 is 18.6 Å². The van der Waals surface area contributed by atoms with Gasteiger partial charge in [-0.15, -0.1) is 24.0 Å². The number of hydrogen-bond donors (Lipinski definition) is 1. The number of rotatable bonds is 8. The first-order chi connectivity index (χ1) is 12.2. The van der Waals surface area contributed by atoms with Crippen molar-refractivity contribution in [3.63, 3.8) is 0 Å². The summed E-state index contributed by atoms with van der Waals surface area (Å²) >= 11 is 0. The van der Waals surface area contributed by atoms with E-state index in [-0.39, 0.29) is 30.5 Å². The number of likely N-dealkylation sites (tertiary alicyclic amines) is 1. The molecule has 27 heavy (non-hydrogen) atoms. The van der Waals surface area contributed by atoms with Crippen LogP contribution < -0.4 is 5.32 Å². The van der Waals surface area contributed by atoms with E-state index in [4.69, 9.17) is 0 Å². The highest BCUT2D eigenvalue weighted by Crippen LogP contribution is 2.18. The number of halogens is 4. The molecular weight excluding hydrogens is 474 g/mol. The Balaban J connectivity index is 0.00000676. The number of amides is 1. The Labute approximate surface area is 177 Å². The van der Waals surface area contributed by atoms with Crippen molar-refractivity contribution in [3.8, 4) is 0 Å². The van der Waals surface area contributed by atoms with Gasteiger partial charge < -0.3 is 20.0 Å². The Kier molecular flexibility index (Phi) is 12.3. The lowest BCUT2D eigenvalue weighted by atomic mass is 10.1. The molecule has 10 heteroatoms. The lowest BCUT2D eigenvalue weighted by molar-refractivity contribution is -0.157. The molecule has 1 heterocycles. The summed E-state index contributed by atoms with van der Waals surface area (Å²) in [7, 11) is 1.15. The van der Waals surface area contributed by atoms with E-state index in [1.807, 2.05) is 6.92 Å². The summed E-state index contributed by atoms with van der Waals surface area (Å²) in [5.41, 5.74) is 0. The summed E-state index contributed by atoms with van der Waals surface area (Å²) in [6, 6.07) is 0. The summed E-state index contributed by atoms with van der Waals surface area (Å²) in [4.78, 5) is 21.3. The van der Waals surface area contributed by atoms with Gasteiger partial charge in [-0.3, -0.25) is 4.79 Å². The Morgan fingerprint density at radius 1 is 1.26 bits per heavy atom. The molecule has 1 aliphatic rings. The van der Waals surface area contributed by atoms with E-state index >= 15 is 0 Å². The second-order valence-electron chi connectivity index (χ2n) is 6.62. The van der Waals surface area contributed by atoms with Crippen molar-refractivity contribution in [2.24, 2.45) is 10.9 Å². The maximum Gasteiger partial charge on any atom is 0.406 e. The Morgan fingerprint density at radius 2 is 1.89 bits per heavy atom. The molecule has 6 nitrogen and oxygen atoms in total. The lowest BCUT2D eigenvalue weighted by Gasteiger charge is -2.24. The molecule has 1 amide bonds. The average Bonchev–Trinajstić information content (AvgIpc) is 3.02. The molecule has 0 aromatic heterocycles. The minimum atomic E-state index is -4.40. The summed E-state index contributed by atoms with van der Waals surface area (Å²) < 4.78 is 37.1. The molecule has 160 valence electrons. The van der Waals surface area contributed by atoms with Gasteiger partial charge in [0, 0.05) is 33.2 Å². The summed E-state index contributed by atoms with van der Waals surface area (Å²) in [6.45, 7) is 10.0. The topological polar surface area (TPSA) is 51.2 Å². The third-order valence-corrected chi connectivity index (χ3v) is 4.54. The fraction of sp³-hybridized carbons (Fsp3) is 0.882. The fourth-order valence-electron chi connectivity index (χ4n) is 3.07. The van der Waals surface area contributed by atoms with Gasteiger partial charge in [0.25, 0.3) is 0 Å². The number of alkyl halides is 3. The van der Waals surface area contributed by atoms with E-state index in [0.717, 1.165) is 46.2 Å². The second-order valence-corrected chi connectivity index (χ2v) is 6.62. The van der Waals surface area contributed by atoms with Crippen LogP contribution in [0.4, 0.5) is 13.2 Å². The van der Waals surface area contributed by atoms with Crippen molar-refractivity contribution < 1.29 is 18.0 Å². The minimum absolute atomic E-state index is 0. The quantitative estimate of drug-likeness (QED) is 0.311. The van der Waals surface area contributed by atoms with Gasteiger partial charge in [0.1, 0.15) is 13.1 Å². The van der Waals surface area contributed by atoms with Crippen molar-refractivity contribution in [3.05, 3.63) is 0 Å². The smallest absolute Gasteiger partial charge is 0.357 e. The number of carbonyl (C=O) groups excluding carboxylic acids is 1. The molecule has 0 aromatic carbocycles. The number of nitrogens with zero attached hydrogens (tertiary/aromatic N) is 4. The number of hydrogen-bond acceptors (Lipinski definition) is 3. The van der Waals surface area contributed by atoms with Gasteiger partial charge in [-0.1, -0.05) is 13.8 Å². The highest BCUT2D eigenvalue weighted by molar-refractivity contribution is 14.0. The molecule has 0 saturated carbocycles. The third kappa shape index (κ3) is 9.82. The maximum absolute atomic E-state index is 12.4. The van der Waals surface area contributed by atoms with Crippen LogP contribution in [0, 0.1) is 5.92 Å². The largest absolute Gasteiger partial charge is 0.406 e. The summed E-state index contributed by atoms with van der Waals surface area (Å²) in [5, 5.41) is 3.14. The molecule has 0 aromatic rings. The fourth-order valence-corrected chi connectivity index (χ4v) is 3.07. The predicted octanol–water partition coefficient (Wildman–Crippen LogP) is 2.25. The number of likely N-dealkylation sites (N-methyl/N-ethyl adjacent to an activating group) is 1. The summed E-state index contributed by atoms with van der Waals surface area (Å²) in [5.74, 6) is 0.488. The van der Waals surface area contributed by atoms with Crippen molar-refractivity contribution in [1.82, 2.24) is 20.0 Å². The zero-order valence-electron chi connectivity index (χ0n) is 16.7. The van der Waals surface area contributed by atoms with Crippen LogP contribution in [0.1, 0.15) is 27.2 Å². The molecule has 0 spiro atoms. The molecule has 1 fully saturated rings. The Morgan fingerprint density at radius 3 is 2.41 bits per heavy atom. The first-order valence-corrected chi connectivity index (χ1v) is 9.26. The van der Waals surface area contributed by atoms with Crippen molar-refractivity contribution >= 4 is 35.8 Å². The van der Waals surface area contributed by atoms with Gasteiger partial charge in [-0.05, 0) is 32.4 Å². The van der Waals surface area contributed by atoms with Crippen LogP contribution in [0.2, 0.25) is 0 Å². The van der Waals surface area contributed by atoms with Crippen LogP contribution in [-0.2, 0) is 4.79 Å².